The van der Waals surface area contributed by atoms with Crippen molar-refractivity contribution in [2.75, 3.05) is 19.7 Å². The molecule has 0 atom stereocenters. The molecule has 0 radical (unpaired) electrons. The van der Waals surface area contributed by atoms with E-state index in [0.29, 0.717) is 0 Å². The average Bonchev–Trinajstić information content (AvgIpc) is 2.38. The van der Waals surface area contributed by atoms with Gasteiger partial charge in [-0.15, -0.1) is 0 Å². The number of carbonyl (C=O) groups excluding carboxylic acids is 2. The van der Waals surface area contributed by atoms with Crippen molar-refractivity contribution < 1.29 is 114 Å². The predicted octanol–water partition coefficient (Wildman–Crippen LogP) is -10.3. The number of carbonyl (C=O) groups is 5. The van der Waals surface area contributed by atoms with Crippen molar-refractivity contribution in [3.8, 4) is 0 Å². The Morgan fingerprint density at radius 2 is 0.741 bits per heavy atom. The van der Waals surface area contributed by atoms with Gasteiger partial charge in [-0.2, -0.15) is 0 Å². The van der Waals surface area contributed by atoms with Crippen LogP contribution in [0.1, 0.15) is 27.7 Å². The van der Waals surface area contributed by atoms with E-state index in [0.717, 1.165) is 20.8 Å². The first kappa shape index (κ1) is 50.2. The standard InChI is InChI=1S/2C2H5NO2.3C2H4O2.C2H6O.2Na/c2*3-1-2(4)5;3*1-2(3)4;1-2-3;;/h2*1,3H2,(H,4,5);3*1H3,(H,3,4);3H,2H2,1H3;;/q;;;;;;2*+1/p-2. The van der Waals surface area contributed by atoms with Crippen molar-refractivity contribution in [3.63, 3.8) is 0 Å². The Kier molecular flexibility index (Phi) is 92.8. The number of aliphatic carboxylic acids is 5. The zero-order valence-electron chi connectivity index (χ0n) is 16.4. The maximum Gasteiger partial charge on any atom is 1.00 e. The summed E-state index contributed by atoms with van der Waals surface area (Å²) in [6, 6.07) is 0. The number of aliphatic hydroxyl groups excluding tert-OH is 1. The molecule has 0 aliphatic rings. The van der Waals surface area contributed by atoms with E-state index in [4.69, 9.17) is 54.6 Å². The van der Waals surface area contributed by atoms with Crippen LogP contribution >= 0.6 is 0 Å². The van der Waals surface area contributed by atoms with Crippen molar-refractivity contribution in [3.05, 3.63) is 0 Å². The van der Waals surface area contributed by atoms with Crippen LogP contribution in [0.4, 0.5) is 0 Å². The molecule has 0 aromatic carbocycles. The Morgan fingerprint density at radius 1 is 0.704 bits per heavy atom. The molecule has 0 spiro atoms. The van der Waals surface area contributed by atoms with Crippen LogP contribution in [0.25, 0.3) is 0 Å². The summed E-state index contributed by atoms with van der Waals surface area (Å²) in [5.74, 6) is -4.94. The van der Waals surface area contributed by atoms with Crippen LogP contribution in [0.3, 0.4) is 0 Å². The first-order valence-corrected chi connectivity index (χ1v) is 6.15. The van der Waals surface area contributed by atoms with Crippen LogP contribution in [0, 0.1) is 0 Å². The monoisotopic (exact) mass is 420 g/mol. The number of carboxylic acids is 5. The van der Waals surface area contributed by atoms with Gasteiger partial charge in [0.15, 0.2) is 0 Å². The number of aliphatic hydroxyl groups is 1. The van der Waals surface area contributed by atoms with Crippen LogP contribution in [-0.4, -0.2) is 70.0 Å². The van der Waals surface area contributed by atoms with Gasteiger partial charge in [0.25, 0.3) is 17.9 Å². The van der Waals surface area contributed by atoms with Gasteiger partial charge in [0.05, 0.1) is 11.9 Å². The Bertz CT molecular complexity index is 302. The van der Waals surface area contributed by atoms with Crippen molar-refractivity contribution in [1.29, 1.82) is 0 Å². The van der Waals surface area contributed by atoms with Crippen LogP contribution < -0.4 is 80.8 Å². The fourth-order valence-electron chi connectivity index (χ4n) is 0. The molecular weight excluding hydrogens is 394 g/mol. The maximum atomic E-state index is 9.13. The molecule has 13 nitrogen and oxygen atoms in total. The minimum absolute atomic E-state index is 0. The smallest absolute Gasteiger partial charge is 0.549 e. The van der Waals surface area contributed by atoms with E-state index in [-0.39, 0.29) is 78.8 Å². The van der Waals surface area contributed by atoms with Gasteiger partial charge in [-0.3, -0.25) is 14.4 Å². The number of nitrogens with two attached hydrogens (primary N) is 2. The minimum Gasteiger partial charge on any atom is -0.549 e. The molecule has 8 N–H and O–H groups in total. The topological polar surface area (TPSA) is 264 Å². The van der Waals surface area contributed by atoms with Gasteiger partial charge in [0.1, 0.15) is 0 Å². The molecule has 15 heteroatoms. The van der Waals surface area contributed by atoms with Gasteiger partial charge in [0.2, 0.25) is 0 Å². The molecule has 0 heterocycles. The molecule has 27 heavy (non-hydrogen) atoms. The first-order chi connectivity index (χ1) is 11.2. The van der Waals surface area contributed by atoms with Crippen LogP contribution in [0.5, 0.6) is 0 Å². The van der Waals surface area contributed by atoms with Gasteiger partial charge >= 0.3 is 59.1 Å². The van der Waals surface area contributed by atoms with Crippen molar-refractivity contribution in [1.82, 2.24) is 0 Å². The molecule has 0 saturated heterocycles. The Labute approximate surface area is 201 Å². The van der Waals surface area contributed by atoms with E-state index < -0.39 is 29.8 Å². The quantitative estimate of drug-likeness (QED) is 0.227. The Balaban J connectivity index is -0.0000000265. The van der Waals surface area contributed by atoms with Gasteiger partial charge in [-0.1, -0.05) is 0 Å². The van der Waals surface area contributed by atoms with E-state index in [1.54, 1.807) is 6.92 Å². The van der Waals surface area contributed by atoms with Crippen molar-refractivity contribution in [2.24, 2.45) is 11.5 Å². The molecular formula is C12H26N2Na2O11. The Morgan fingerprint density at radius 3 is 0.741 bits per heavy atom. The molecule has 0 aliphatic carbocycles. The number of hydrogen-bond donors (Lipinski definition) is 6. The van der Waals surface area contributed by atoms with Gasteiger partial charge in [-0.25, -0.2) is 0 Å². The third kappa shape index (κ3) is 1310. The minimum atomic E-state index is -1.22. The summed E-state index contributed by atoms with van der Waals surface area (Å²) in [7, 11) is 0. The Hall–Kier alpha value is -0.770. The molecule has 0 aromatic heterocycles. The summed E-state index contributed by atoms with van der Waals surface area (Å²) >= 11 is 0. The third-order valence-corrected chi connectivity index (χ3v) is 0.333. The summed E-state index contributed by atoms with van der Waals surface area (Å²) in [6.45, 7) is 4.40. The second-order valence-corrected chi connectivity index (χ2v) is 3.03. The molecule has 152 valence electrons. The van der Waals surface area contributed by atoms with Crippen LogP contribution in [0.2, 0.25) is 0 Å². The van der Waals surface area contributed by atoms with Gasteiger partial charge < -0.3 is 51.7 Å². The summed E-state index contributed by atoms with van der Waals surface area (Å²) in [5, 5.41) is 48.1. The van der Waals surface area contributed by atoms with E-state index in [1.807, 2.05) is 0 Å². The van der Waals surface area contributed by atoms with E-state index in [2.05, 4.69) is 11.5 Å². The number of hydrogen-bond acceptors (Lipinski definition) is 10. The third-order valence-electron chi connectivity index (χ3n) is 0.333. The number of carboxylic acid groups (broad SMARTS) is 5. The first-order valence-electron chi connectivity index (χ1n) is 6.15. The van der Waals surface area contributed by atoms with Gasteiger partial charge in [-0.05, 0) is 6.92 Å². The molecule has 0 saturated carbocycles. The molecule has 0 bridgehead atoms. The second kappa shape index (κ2) is 49.9. The van der Waals surface area contributed by atoms with E-state index in [9.17, 15) is 0 Å². The molecule has 0 rings (SSSR count). The second-order valence-electron chi connectivity index (χ2n) is 3.03. The fourth-order valence-corrected chi connectivity index (χ4v) is 0. The fraction of sp³-hybridized carbons (Fsp3) is 0.583. The predicted molar refractivity (Wildman–Crippen MR) is 80.8 cm³/mol. The summed E-state index contributed by atoms with van der Waals surface area (Å²) in [5.41, 5.74) is 9.02. The summed E-state index contributed by atoms with van der Waals surface area (Å²) in [6.07, 6.45) is 0. The molecule has 0 unspecified atom stereocenters. The largest absolute Gasteiger partial charge is 1.00 e. The summed E-state index contributed by atoms with van der Waals surface area (Å²) in [4.78, 5) is 45.3. The zero-order valence-corrected chi connectivity index (χ0v) is 20.4. The van der Waals surface area contributed by atoms with E-state index in [1.165, 1.54) is 0 Å². The molecule has 0 amide bonds. The van der Waals surface area contributed by atoms with E-state index >= 15 is 0 Å². The zero-order chi connectivity index (χ0) is 22.0. The average molecular weight is 420 g/mol. The molecule has 0 aromatic rings. The van der Waals surface area contributed by atoms with Crippen LogP contribution in [-0.2, 0) is 24.0 Å². The maximum absolute atomic E-state index is 9.13. The number of rotatable bonds is 2. The van der Waals surface area contributed by atoms with Gasteiger partial charge in [0, 0.05) is 40.5 Å². The summed E-state index contributed by atoms with van der Waals surface area (Å²) < 4.78 is 0. The van der Waals surface area contributed by atoms with Crippen molar-refractivity contribution in [2.45, 2.75) is 27.7 Å². The van der Waals surface area contributed by atoms with Crippen LogP contribution in [0.15, 0.2) is 0 Å². The molecule has 0 aliphatic heterocycles. The normalized spacial score (nSPS) is 6.19. The molecule has 0 fully saturated rings. The van der Waals surface area contributed by atoms with Crippen molar-refractivity contribution >= 4 is 29.8 Å². The SMILES string of the molecule is CC(=O)O.CC(=O)O.CC(=O)O.CCO.NCC(=O)[O-].NCC(=O)[O-].[Na+].[Na+].